The Morgan fingerprint density at radius 2 is 2.12 bits per heavy atom. The third kappa shape index (κ3) is 3.00. The molecule has 0 aliphatic carbocycles. The lowest BCUT2D eigenvalue weighted by atomic mass is 9.91. The summed E-state index contributed by atoms with van der Waals surface area (Å²) in [6.45, 7) is 1.75. The molecule has 1 aromatic rings. The SMILES string of the molecule is CCC(C(=O)OC)C(N)c1ccc(F)cc1F. The van der Waals surface area contributed by atoms with Crippen molar-refractivity contribution in [3.05, 3.63) is 35.4 Å². The molecule has 17 heavy (non-hydrogen) atoms. The fourth-order valence-electron chi connectivity index (χ4n) is 1.71. The van der Waals surface area contributed by atoms with Gasteiger partial charge in [-0.05, 0) is 12.5 Å². The highest BCUT2D eigenvalue weighted by atomic mass is 19.1. The van der Waals surface area contributed by atoms with E-state index in [4.69, 9.17) is 5.73 Å². The van der Waals surface area contributed by atoms with E-state index in [2.05, 4.69) is 4.74 Å². The van der Waals surface area contributed by atoms with Crippen LogP contribution in [-0.2, 0) is 9.53 Å². The normalized spacial score (nSPS) is 14.2. The summed E-state index contributed by atoms with van der Waals surface area (Å²) in [7, 11) is 1.25. The maximum Gasteiger partial charge on any atom is 0.310 e. The molecule has 1 rings (SSSR count). The third-order valence-electron chi connectivity index (χ3n) is 2.70. The first-order valence-corrected chi connectivity index (χ1v) is 5.29. The minimum atomic E-state index is -0.840. The summed E-state index contributed by atoms with van der Waals surface area (Å²) < 4.78 is 30.8. The number of esters is 1. The monoisotopic (exact) mass is 243 g/mol. The Kier molecular flexibility index (Phi) is 4.57. The summed E-state index contributed by atoms with van der Waals surface area (Å²) in [6.07, 6.45) is 0.421. The number of hydrogen-bond donors (Lipinski definition) is 1. The zero-order valence-corrected chi connectivity index (χ0v) is 9.74. The van der Waals surface area contributed by atoms with Crippen molar-refractivity contribution in [2.45, 2.75) is 19.4 Å². The van der Waals surface area contributed by atoms with Crippen LogP contribution in [0.4, 0.5) is 8.78 Å². The number of hydrogen-bond acceptors (Lipinski definition) is 3. The molecule has 0 bridgehead atoms. The molecule has 0 spiro atoms. The first-order valence-electron chi connectivity index (χ1n) is 5.29. The van der Waals surface area contributed by atoms with E-state index >= 15 is 0 Å². The van der Waals surface area contributed by atoms with Gasteiger partial charge < -0.3 is 10.5 Å². The van der Waals surface area contributed by atoms with Gasteiger partial charge >= 0.3 is 5.97 Å². The van der Waals surface area contributed by atoms with Gasteiger partial charge in [-0.15, -0.1) is 0 Å². The highest BCUT2D eigenvalue weighted by molar-refractivity contribution is 5.73. The standard InChI is InChI=1S/C12H15F2NO2/c1-3-8(12(16)17-2)11(15)9-5-4-7(13)6-10(9)14/h4-6,8,11H,3,15H2,1-2H3. The van der Waals surface area contributed by atoms with Gasteiger partial charge in [0.05, 0.1) is 13.0 Å². The lowest BCUT2D eigenvalue weighted by Crippen LogP contribution is -2.29. The molecule has 0 aromatic heterocycles. The second-order valence-electron chi connectivity index (χ2n) is 3.73. The van der Waals surface area contributed by atoms with Gasteiger partial charge in [-0.2, -0.15) is 0 Å². The Bertz CT molecular complexity index is 409. The van der Waals surface area contributed by atoms with E-state index < -0.39 is 29.6 Å². The van der Waals surface area contributed by atoms with Gasteiger partial charge in [0.2, 0.25) is 0 Å². The number of ether oxygens (including phenoxy) is 1. The first-order chi connectivity index (χ1) is 8.01. The molecule has 94 valence electrons. The van der Waals surface area contributed by atoms with Crippen molar-refractivity contribution >= 4 is 5.97 Å². The van der Waals surface area contributed by atoms with Crippen molar-refractivity contribution in [2.75, 3.05) is 7.11 Å². The Balaban J connectivity index is 3.01. The predicted octanol–water partition coefficient (Wildman–Crippen LogP) is 2.16. The molecule has 3 nitrogen and oxygen atoms in total. The van der Waals surface area contributed by atoms with E-state index in [-0.39, 0.29) is 5.56 Å². The van der Waals surface area contributed by atoms with E-state index in [1.807, 2.05) is 0 Å². The van der Waals surface area contributed by atoms with Crippen molar-refractivity contribution in [1.82, 2.24) is 0 Å². The fraction of sp³-hybridized carbons (Fsp3) is 0.417. The maximum absolute atomic E-state index is 13.5. The summed E-state index contributed by atoms with van der Waals surface area (Å²) >= 11 is 0. The summed E-state index contributed by atoms with van der Waals surface area (Å²) in [5.74, 6) is -2.56. The van der Waals surface area contributed by atoms with E-state index in [1.165, 1.54) is 13.2 Å². The number of rotatable bonds is 4. The lowest BCUT2D eigenvalue weighted by molar-refractivity contribution is -0.146. The quantitative estimate of drug-likeness (QED) is 0.824. The van der Waals surface area contributed by atoms with Crippen LogP contribution >= 0.6 is 0 Å². The number of halogens is 2. The number of benzene rings is 1. The van der Waals surface area contributed by atoms with Gasteiger partial charge in [-0.3, -0.25) is 4.79 Å². The molecule has 0 aliphatic rings. The summed E-state index contributed by atoms with van der Waals surface area (Å²) in [4.78, 5) is 11.4. The highest BCUT2D eigenvalue weighted by Crippen LogP contribution is 2.26. The number of methoxy groups -OCH3 is 1. The van der Waals surface area contributed by atoms with Gasteiger partial charge in [0, 0.05) is 17.7 Å². The Morgan fingerprint density at radius 1 is 1.47 bits per heavy atom. The van der Waals surface area contributed by atoms with Crippen LogP contribution in [0, 0.1) is 17.6 Å². The Labute approximate surface area is 98.6 Å². The largest absolute Gasteiger partial charge is 0.469 e. The van der Waals surface area contributed by atoms with Crippen LogP contribution in [0.25, 0.3) is 0 Å². The molecule has 0 fully saturated rings. The van der Waals surface area contributed by atoms with E-state index in [1.54, 1.807) is 6.92 Å². The van der Waals surface area contributed by atoms with Crippen molar-refractivity contribution in [3.63, 3.8) is 0 Å². The molecule has 0 heterocycles. The van der Waals surface area contributed by atoms with E-state index in [0.717, 1.165) is 12.1 Å². The number of carbonyl (C=O) groups is 1. The summed E-state index contributed by atoms with van der Waals surface area (Å²) in [6, 6.07) is 2.27. The molecule has 5 heteroatoms. The third-order valence-corrected chi connectivity index (χ3v) is 2.70. The van der Waals surface area contributed by atoms with Crippen LogP contribution < -0.4 is 5.73 Å². The molecule has 0 saturated heterocycles. The highest BCUT2D eigenvalue weighted by Gasteiger charge is 2.27. The van der Waals surface area contributed by atoms with Crippen LogP contribution in [0.2, 0.25) is 0 Å². The fourth-order valence-corrected chi connectivity index (χ4v) is 1.71. The molecular formula is C12H15F2NO2. The van der Waals surface area contributed by atoms with Gasteiger partial charge in [-0.25, -0.2) is 8.78 Å². The van der Waals surface area contributed by atoms with Gasteiger partial charge in [0.25, 0.3) is 0 Å². The maximum atomic E-state index is 13.5. The molecule has 0 amide bonds. The number of nitrogens with two attached hydrogens (primary N) is 1. The molecule has 2 atom stereocenters. The second-order valence-corrected chi connectivity index (χ2v) is 3.73. The summed E-state index contributed by atoms with van der Waals surface area (Å²) in [5, 5.41) is 0. The molecule has 2 unspecified atom stereocenters. The van der Waals surface area contributed by atoms with Gasteiger partial charge in [0.1, 0.15) is 11.6 Å². The van der Waals surface area contributed by atoms with Crippen molar-refractivity contribution < 1.29 is 18.3 Å². The molecular weight excluding hydrogens is 228 g/mol. The van der Waals surface area contributed by atoms with Crippen LogP contribution in [-0.4, -0.2) is 13.1 Å². The van der Waals surface area contributed by atoms with Crippen LogP contribution in [0.15, 0.2) is 18.2 Å². The molecule has 0 radical (unpaired) electrons. The number of carbonyl (C=O) groups excluding carboxylic acids is 1. The van der Waals surface area contributed by atoms with Gasteiger partial charge in [0.15, 0.2) is 0 Å². The predicted molar refractivity (Wildman–Crippen MR) is 59.1 cm³/mol. The smallest absolute Gasteiger partial charge is 0.310 e. The van der Waals surface area contributed by atoms with Crippen molar-refractivity contribution in [3.8, 4) is 0 Å². The first kappa shape index (κ1) is 13.6. The van der Waals surface area contributed by atoms with Crippen LogP contribution in [0.5, 0.6) is 0 Å². The van der Waals surface area contributed by atoms with Crippen molar-refractivity contribution in [1.29, 1.82) is 0 Å². The molecule has 2 N–H and O–H groups in total. The summed E-state index contributed by atoms with van der Waals surface area (Å²) in [5.41, 5.74) is 5.93. The lowest BCUT2D eigenvalue weighted by Gasteiger charge is -2.21. The Hall–Kier alpha value is -1.49. The van der Waals surface area contributed by atoms with Crippen LogP contribution in [0.3, 0.4) is 0 Å². The van der Waals surface area contributed by atoms with E-state index in [9.17, 15) is 13.6 Å². The average molecular weight is 243 g/mol. The van der Waals surface area contributed by atoms with Gasteiger partial charge in [-0.1, -0.05) is 13.0 Å². The minimum absolute atomic E-state index is 0.114. The van der Waals surface area contributed by atoms with Crippen LogP contribution in [0.1, 0.15) is 24.9 Å². The zero-order chi connectivity index (χ0) is 13.0. The zero-order valence-electron chi connectivity index (χ0n) is 9.74. The van der Waals surface area contributed by atoms with Crippen molar-refractivity contribution in [2.24, 2.45) is 11.7 Å². The molecule has 0 saturated carbocycles. The average Bonchev–Trinajstić information content (AvgIpc) is 2.29. The molecule has 1 aromatic carbocycles. The van der Waals surface area contributed by atoms with E-state index in [0.29, 0.717) is 6.42 Å². The topological polar surface area (TPSA) is 52.3 Å². The minimum Gasteiger partial charge on any atom is -0.469 e. The molecule has 0 aliphatic heterocycles. The Morgan fingerprint density at radius 3 is 2.59 bits per heavy atom. The second kappa shape index (κ2) is 5.72.